The molecule has 18 heavy (non-hydrogen) atoms. The van der Waals surface area contributed by atoms with Crippen LogP contribution in [0.15, 0.2) is 36.8 Å². The van der Waals surface area contributed by atoms with Gasteiger partial charge in [0.1, 0.15) is 0 Å². The van der Waals surface area contributed by atoms with Crippen molar-refractivity contribution in [1.29, 1.82) is 0 Å². The number of pyridine rings is 1. The zero-order valence-corrected chi connectivity index (χ0v) is 10.3. The minimum Gasteiger partial charge on any atom is -0.618 e. The van der Waals surface area contributed by atoms with Gasteiger partial charge in [-0.2, -0.15) is 4.73 Å². The molecule has 1 aromatic carbocycles. The van der Waals surface area contributed by atoms with E-state index in [4.69, 9.17) is 0 Å². The van der Waals surface area contributed by atoms with E-state index in [-0.39, 0.29) is 0 Å². The van der Waals surface area contributed by atoms with Crippen LogP contribution in [0.25, 0.3) is 21.9 Å². The molecule has 3 rings (SSSR count). The Bertz CT molecular complexity index is 703. The van der Waals surface area contributed by atoms with Gasteiger partial charge in [0.2, 0.25) is 11.7 Å². The molecule has 2 heterocycles. The zero-order valence-electron chi connectivity index (χ0n) is 10.3. The average molecular weight is 241 g/mol. The largest absolute Gasteiger partial charge is 0.618 e. The Hall–Kier alpha value is -2.10. The first-order valence-electron chi connectivity index (χ1n) is 6.27. The Morgan fingerprint density at radius 1 is 1.33 bits per heavy atom. The summed E-state index contributed by atoms with van der Waals surface area (Å²) in [4.78, 5) is 4.32. The molecule has 0 radical (unpaired) electrons. The van der Waals surface area contributed by atoms with E-state index in [9.17, 15) is 5.21 Å². The summed E-state index contributed by atoms with van der Waals surface area (Å²) in [5, 5.41) is 12.9. The fourth-order valence-electron chi connectivity index (χ4n) is 2.33. The summed E-state index contributed by atoms with van der Waals surface area (Å²) in [7, 11) is 0. The van der Waals surface area contributed by atoms with Crippen molar-refractivity contribution in [1.82, 2.24) is 9.55 Å². The predicted octanol–water partition coefficient (Wildman–Crippen LogP) is 2.62. The van der Waals surface area contributed by atoms with Crippen molar-refractivity contribution >= 4 is 21.9 Å². The number of para-hydroxylation sites is 1. The van der Waals surface area contributed by atoms with Crippen LogP contribution in [0.1, 0.15) is 19.8 Å². The summed E-state index contributed by atoms with van der Waals surface area (Å²) >= 11 is 0. The molecule has 0 N–H and O–H groups in total. The van der Waals surface area contributed by atoms with E-state index in [0.29, 0.717) is 5.52 Å². The van der Waals surface area contributed by atoms with E-state index < -0.39 is 0 Å². The lowest BCUT2D eigenvalue weighted by Crippen LogP contribution is -2.26. The third-order valence-electron chi connectivity index (χ3n) is 3.25. The molecule has 0 fully saturated rings. The van der Waals surface area contributed by atoms with Crippen molar-refractivity contribution in [2.75, 3.05) is 0 Å². The van der Waals surface area contributed by atoms with Gasteiger partial charge in [0, 0.05) is 12.6 Å². The van der Waals surface area contributed by atoms with Gasteiger partial charge >= 0.3 is 0 Å². The van der Waals surface area contributed by atoms with Crippen LogP contribution in [0, 0.1) is 5.21 Å². The van der Waals surface area contributed by atoms with Gasteiger partial charge in [-0.05, 0) is 12.5 Å². The monoisotopic (exact) mass is 241 g/mol. The lowest BCUT2D eigenvalue weighted by molar-refractivity contribution is -0.575. The highest BCUT2D eigenvalue weighted by molar-refractivity contribution is 6.00. The van der Waals surface area contributed by atoms with Gasteiger partial charge < -0.3 is 9.77 Å². The minimum absolute atomic E-state index is 0.697. The molecule has 0 aliphatic heterocycles. The molecule has 0 amide bonds. The Kier molecular flexibility index (Phi) is 2.63. The average Bonchev–Trinajstić information content (AvgIpc) is 2.80. The highest BCUT2D eigenvalue weighted by Gasteiger charge is 2.13. The number of fused-ring (bicyclic) bond motifs is 3. The molecule has 2 aromatic heterocycles. The quantitative estimate of drug-likeness (QED) is 0.522. The highest BCUT2D eigenvalue weighted by atomic mass is 16.5. The lowest BCUT2D eigenvalue weighted by Gasteiger charge is -2.06. The van der Waals surface area contributed by atoms with Crippen molar-refractivity contribution in [2.24, 2.45) is 0 Å². The van der Waals surface area contributed by atoms with E-state index in [0.717, 1.165) is 40.5 Å². The van der Waals surface area contributed by atoms with E-state index in [1.165, 1.54) is 0 Å². The third kappa shape index (κ3) is 1.61. The normalized spacial score (nSPS) is 11.4. The number of benzene rings is 1. The molecule has 0 aliphatic carbocycles. The van der Waals surface area contributed by atoms with Crippen LogP contribution in [0.2, 0.25) is 0 Å². The maximum absolute atomic E-state index is 11.9. The van der Waals surface area contributed by atoms with E-state index in [1.54, 1.807) is 6.20 Å². The van der Waals surface area contributed by atoms with Gasteiger partial charge in [0.15, 0.2) is 5.52 Å². The molecular weight excluding hydrogens is 226 g/mol. The second kappa shape index (κ2) is 4.29. The summed E-state index contributed by atoms with van der Waals surface area (Å²) in [5.74, 6) is 0. The minimum atomic E-state index is 0.697. The van der Waals surface area contributed by atoms with Crippen molar-refractivity contribution in [3.63, 3.8) is 0 Å². The molecule has 0 spiro atoms. The molecule has 0 saturated heterocycles. The Morgan fingerprint density at radius 2 is 2.17 bits per heavy atom. The first-order valence-corrected chi connectivity index (χ1v) is 6.27. The lowest BCUT2D eigenvalue weighted by atomic mass is 10.2. The van der Waals surface area contributed by atoms with Crippen LogP contribution in [-0.2, 0) is 6.54 Å². The van der Waals surface area contributed by atoms with Crippen LogP contribution < -0.4 is 4.73 Å². The molecule has 0 saturated carbocycles. The zero-order chi connectivity index (χ0) is 12.5. The number of aryl methyl sites for hydroxylation is 1. The van der Waals surface area contributed by atoms with Crippen LogP contribution >= 0.6 is 0 Å². The van der Waals surface area contributed by atoms with Crippen LogP contribution in [-0.4, -0.2) is 9.55 Å². The molecule has 92 valence electrons. The SMILES string of the molecule is CCCCn1cnc2c[n+]([O-])c3ccccc3c21. The number of unbranched alkanes of at least 4 members (excludes halogenated alkanes) is 1. The first-order chi connectivity index (χ1) is 8.81. The molecule has 4 heteroatoms. The molecule has 4 nitrogen and oxygen atoms in total. The number of hydrogen-bond acceptors (Lipinski definition) is 2. The van der Waals surface area contributed by atoms with E-state index in [2.05, 4.69) is 16.5 Å². The van der Waals surface area contributed by atoms with Crippen molar-refractivity contribution < 1.29 is 4.73 Å². The van der Waals surface area contributed by atoms with Crippen LogP contribution in [0.3, 0.4) is 0 Å². The summed E-state index contributed by atoms with van der Waals surface area (Å²) in [6.45, 7) is 3.11. The van der Waals surface area contributed by atoms with E-state index >= 15 is 0 Å². The summed E-state index contributed by atoms with van der Waals surface area (Å²) in [6.07, 6.45) is 5.64. The van der Waals surface area contributed by atoms with Crippen molar-refractivity contribution in [3.05, 3.63) is 42.0 Å². The van der Waals surface area contributed by atoms with Crippen LogP contribution in [0.5, 0.6) is 0 Å². The maximum atomic E-state index is 11.9. The smallest absolute Gasteiger partial charge is 0.226 e. The maximum Gasteiger partial charge on any atom is 0.226 e. The third-order valence-corrected chi connectivity index (χ3v) is 3.25. The second-order valence-electron chi connectivity index (χ2n) is 4.50. The second-order valence-corrected chi connectivity index (χ2v) is 4.50. The summed E-state index contributed by atoms with van der Waals surface area (Å²) in [6, 6.07) is 7.67. The highest BCUT2D eigenvalue weighted by Crippen LogP contribution is 2.21. The molecule has 0 aliphatic rings. The number of imidazole rings is 1. The summed E-state index contributed by atoms with van der Waals surface area (Å²) in [5.41, 5.74) is 2.52. The molecular formula is C14H15N3O. The number of nitrogens with zero attached hydrogens (tertiary/aromatic N) is 3. The Balaban J connectivity index is 2.32. The number of aromatic nitrogens is 3. The standard InChI is InChI=1S/C14H15N3O/c1-2-3-8-16-10-15-12-9-17(18)13-7-5-4-6-11(13)14(12)16/h4-7,9-10H,2-3,8H2,1H3. The van der Waals surface area contributed by atoms with Gasteiger partial charge in [-0.1, -0.05) is 25.5 Å². The molecule has 0 bridgehead atoms. The predicted molar refractivity (Wildman–Crippen MR) is 71.1 cm³/mol. The summed E-state index contributed by atoms with van der Waals surface area (Å²) < 4.78 is 3.04. The van der Waals surface area contributed by atoms with Crippen molar-refractivity contribution in [3.8, 4) is 0 Å². The number of rotatable bonds is 3. The van der Waals surface area contributed by atoms with Crippen LogP contribution in [0.4, 0.5) is 0 Å². The molecule has 0 atom stereocenters. The Morgan fingerprint density at radius 3 is 3.00 bits per heavy atom. The van der Waals surface area contributed by atoms with Gasteiger partial charge in [-0.25, -0.2) is 4.98 Å². The Labute approximate surface area is 105 Å². The van der Waals surface area contributed by atoms with Gasteiger partial charge in [-0.3, -0.25) is 0 Å². The van der Waals surface area contributed by atoms with Gasteiger partial charge in [-0.15, -0.1) is 0 Å². The number of hydrogen-bond donors (Lipinski definition) is 0. The van der Waals surface area contributed by atoms with Gasteiger partial charge in [0.25, 0.3) is 0 Å². The van der Waals surface area contributed by atoms with Gasteiger partial charge in [0.05, 0.1) is 17.2 Å². The molecule has 0 unspecified atom stereocenters. The van der Waals surface area contributed by atoms with E-state index in [1.807, 2.05) is 30.6 Å². The topological polar surface area (TPSA) is 44.8 Å². The molecule has 3 aromatic rings. The van der Waals surface area contributed by atoms with Crippen molar-refractivity contribution in [2.45, 2.75) is 26.3 Å². The first kappa shape index (κ1) is 11.0. The fraction of sp³-hybridized carbons (Fsp3) is 0.286. The fourth-order valence-corrected chi connectivity index (χ4v) is 2.33.